The normalized spacial score (nSPS) is 13.1. The summed E-state index contributed by atoms with van der Waals surface area (Å²) in [7, 11) is 0. The van der Waals surface area contributed by atoms with E-state index in [-0.39, 0.29) is 0 Å². The molecule has 0 bridgehead atoms. The van der Waals surface area contributed by atoms with Gasteiger partial charge in [0.25, 0.3) is 0 Å². The lowest BCUT2D eigenvalue weighted by molar-refractivity contribution is 0.199. The van der Waals surface area contributed by atoms with Crippen molar-refractivity contribution in [3.05, 3.63) is 32.2 Å². The fraction of sp³-hybridized carbons (Fsp3) is 0.333. The SMILES string of the molecule is Cc1c(Br)cc(C(C)O)cc1Br. The molecule has 1 rings (SSSR count). The molecular weight excluding hydrogens is 284 g/mol. The van der Waals surface area contributed by atoms with Crippen LogP contribution in [0.2, 0.25) is 0 Å². The van der Waals surface area contributed by atoms with Crippen LogP contribution in [-0.4, -0.2) is 5.11 Å². The van der Waals surface area contributed by atoms with Crippen molar-refractivity contribution in [3.8, 4) is 0 Å². The highest BCUT2D eigenvalue weighted by Crippen LogP contribution is 2.28. The number of rotatable bonds is 1. The average molecular weight is 294 g/mol. The van der Waals surface area contributed by atoms with Crippen LogP contribution >= 0.6 is 31.9 Å². The van der Waals surface area contributed by atoms with Gasteiger partial charge in [-0.2, -0.15) is 0 Å². The van der Waals surface area contributed by atoms with Crippen molar-refractivity contribution in [1.82, 2.24) is 0 Å². The van der Waals surface area contributed by atoms with Crippen LogP contribution in [-0.2, 0) is 0 Å². The lowest BCUT2D eigenvalue weighted by atomic mass is 10.1. The van der Waals surface area contributed by atoms with E-state index >= 15 is 0 Å². The first kappa shape index (κ1) is 10.2. The van der Waals surface area contributed by atoms with E-state index in [0.29, 0.717) is 0 Å². The van der Waals surface area contributed by atoms with Gasteiger partial charge in [0.05, 0.1) is 6.10 Å². The Morgan fingerprint density at radius 3 is 2.00 bits per heavy atom. The molecule has 0 aliphatic carbocycles. The maximum Gasteiger partial charge on any atom is 0.0762 e. The molecule has 1 unspecified atom stereocenters. The van der Waals surface area contributed by atoms with Gasteiger partial charge in [0, 0.05) is 8.95 Å². The maximum absolute atomic E-state index is 9.32. The molecule has 66 valence electrons. The number of halogens is 2. The van der Waals surface area contributed by atoms with Crippen LogP contribution in [0.5, 0.6) is 0 Å². The molecular formula is C9H10Br2O. The first-order valence-electron chi connectivity index (χ1n) is 3.66. The minimum absolute atomic E-state index is 0.418. The van der Waals surface area contributed by atoms with Crippen molar-refractivity contribution in [1.29, 1.82) is 0 Å². The molecule has 0 aliphatic rings. The van der Waals surface area contributed by atoms with Crippen LogP contribution in [0.1, 0.15) is 24.2 Å². The summed E-state index contributed by atoms with van der Waals surface area (Å²) in [4.78, 5) is 0. The van der Waals surface area contributed by atoms with Crippen LogP contribution in [0.3, 0.4) is 0 Å². The molecule has 12 heavy (non-hydrogen) atoms. The van der Waals surface area contributed by atoms with Crippen LogP contribution in [0.4, 0.5) is 0 Å². The molecule has 1 aromatic carbocycles. The maximum atomic E-state index is 9.32. The molecule has 1 nitrogen and oxygen atoms in total. The summed E-state index contributed by atoms with van der Waals surface area (Å²) in [5, 5.41) is 9.32. The second-order valence-electron chi connectivity index (χ2n) is 2.79. The number of hydrogen-bond donors (Lipinski definition) is 1. The second-order valence-corrected chi connectivity index (χ2v) is 4.49. The van der Waals surface area contributed by atoms with Crippen molar-refractivity contribution >= 4 is 31.9 Å². The number of benzene rings is 1. The van der Waals surface area contributed by atoms with Crippen molar-refractivity contribution in [2.45, 2.75) is 20.0 Å². The van der Waals surface area contributed by atoms with E-state index in [0.717, 1.165) is 20.1 Å². The summed E-state index contributed by atoms with van der Waals surface area (Å²) in [6.07, 6.45) is -0.418. The van der Waals surface area contributed by atoms with E-state index in [9.17, 15) is 5.11 Å². The smallest absolute Gasteiger partial charge is 0.0762 e. The fourth-order valence-electron chi connectivity index (χ4n) is 0.906. The Hall–Kier alpha value is 0.140. The Labute approximate surface area is 89.1 Å². The summed E-state index contributed by atoms with van der Waals surface area (Å²) < 4.78 is 2.04. The molecule has 0 saturated carbocycles. The van der Waals surface area contributed by atoms with Gasteiger partial charge >= 0.3 is 0 Å². The van der Waals surface area contributed by atoms with Crippen molar-refractivity contribution in [2.24, 2.45) is 0 Å². The van der Waals surface area contributed by atoms with E-state index in [1.165, 1.54) is 0 Å². The molecule has 0 fully saturated rings. The van der Waals surface area contributed by atoms with E-state index in [4.69, 9.17) is 0 Å². The molecule has 0 radical (unpaired) electrons. The van der Waals surface area contributed by atoms with Crippen molar-refractivity contribution in [3.63, 3.8) is 0 Å². The molecule has 0 aromatic heterocycles. The molecule has 1 N–H and O–H groups in total. The van der Waals surface area contributed by atoms with Gasteiger partial charge in [-0.05, 0) is 37.1 Å². The molecule has 0 aliphatic heterocycles. The standard InChI is InChI=1S/C9H10Br2O/c1-5-8(10)3-7(6(2)12)4-9(5)11/h3-4,6,12H,1-2H3. The van der Waals surface area contributed by atoms with Gasteiger partial charge in [-0.15, -0.1) is 0 Å². The summed E-state index contributed by atoms with van der Waals surface area (Å²) in [5.74, 6) is 0. The highest BCUT2D eigenvalue weighted by molar-refractivity contribution is 9.11. The monoisotopic (exact) mass is 292 g/mol. The first-order chi connectivity index (χ1) is 5.52. The molecule has 1 aromatic rings. The third-order valence-corrected chi connectivity index (χ3v) is 3.43. The average Bonchev–Trinajstić information content (AvgIpc) is 1.99. The lowest BCUT2D eigenvalue weighted by Gasteiger charge is -2.08. The van der Waals surface area contributed by atoms with E-state index in [1.807, 2.05) is 19.1 Å². The molecule has 0 heterocycles. The Morgan fingerprint density at radius 1 is 1.25 bits per heavy atom. The van der Waals surface area contributed by atoms with Gasteiger partial charge in [-0.25, -0.2) is 0 Å². The Bertz CT molecular complexity index is 272. The number of hydrogen-bond acceptors (Lipinski definition) is 1. The molecule has 0 amide bonds. The topological polar surface area (TPSA) is 20.2 Å². The zero-order valence-corrected chi connectivity index (χ0v) is 10.1. The Morgan fingerprint density at radius 2 is 1.67 bits per heavy atom. The van der Waals surface area contributed by atoms with Gasteiger partial charge in [0.1, 0.15) is 0 Å². The Balaban J connectivity index is 3.21. The third-order valence-electron chi connectivity index (χ3n) is 1.79. The molecule has 0 saturated heterocycles. The van der Waals surface area contributed by atoms with E-state index in [1.54, 1.807) is 6.92 Å². The van der Waals surface area contributed by atoms with Crippen molar-refractivity contribution in [2.75, 3.05) is 0 Å². The first-order valence-corrected chi connectivity index (χ1v) is 5.24. The Kier molecular flexibility index (Phi) is 3.32. The number of aliphatic hydroxyl groups excluding tert-OH is 1. The molecule has 0 spiro atoms. The zero-order valence-electron chi connectivity index (χ0n) is 6.94. The highest BCUT2D eigenvalue weighted by Gasteiger charge is 2.06. The predicted molar refractivity (Wildman–Crippen MR) is 57.2 cm³/mol. The highest BCUT2D eigenvalue weighted by atomic mass is 79.9. The van der Waals surface area contributed by atoms with Crippen molar-refractivity contribution < 1.29 is 5.11 Å². The lowest BCUT2D eigenvalue weighted by Crippen LogP contribution is -1.92. The summed E-state index contributed by atoms with van der Waals surface area (Å²) in [6.45, 7) is 3.77. The minimum atomic E-state index is -0.418. The van der Waals surface area contributed by atoms with Crippen LogP contribution in [0, 0.1) is 6.92 Å². The third kappa shape index (κ3) is 2.09. The quantitative estimate of drug-likeness (QED) is 0.839. The second kappa shape index (κ2) is 3.90. The summed E-state index contributed by atoms with van der Waals surface area (Å²) >= 11 is 6.85. The van der Waals surface area contributed by atoms with Crippen LogP contribution in [0.25, 0.3) is 0 Å². The van der Waals surface area contributed by atoms with E-state index < -0.39 is 6.10 Å². The van der Waals surface area contributed by atoms with Crippen LogP contribution in [0.15, 0.2) is 21.1 Å². The van der Waals surface area contributed by atoms with Gasteiger partial charge in [0.2, 0.25) is 0 Å². The zero-order chi connectivity index (χ0) is 9.30. The molecule has 3 heteroatoms. The van der Waals surface area contributed by atoms with Gasteiger partial charge in [-0.3, -0.25) is 0 Å². The summed E-state index contributed by atoms with van der Waals surface area (Å²) in [5.41, 5.74) is 2.07. The van der Waals surface area contributed by atoms with E-state index in [2.05, 4.69) is 31.9 Å². The largest absolute Gasteiger partial charge is 0.389 e. The number of aliphatic hydroxyl groups is 1. The van der Waals surface area contributed by atoms with Gasteiger partial charge in [0.15, 0.2) is 0 Å². The predicted octanol–water partition coefficient (Wildman–Crippen LogP) is 3.57. The van der Waals surface area contributed by atoms with Gasteiger partial charge < -0.3 is 5.11 Å². The fourth-order valence-corrected chi connectivity index (χ4v) is 2.13. The summed E-state index contributed by atoms with van der Waals surface area (Å²) in [6, 6.07) is 3.87. The van der Waals surface area contributed by atoms with Crippen LogP contribution < -0.4 is 0 Å². The minimum Gasteiger partial charge on any atom is -0.389 e. The molecule has 1 atom stereocenters. The van der Waals surface area contributed by atoms with Gasteiger partial charge in [-0.1, -0.05) is 31.9 Å².